The second kappa shape index (κ2) is 9.65. The zero-order valence-corrected chi connectivity index (χ0v) is 21.5. The third-order valence-corrected chi connectivity index (χ3v) is 7.94. The second-order valence-electron chi connectivity index (χ2n) is 9.73. The maximum Gasteiger partial charge on any atom is 0.248 e. The van der Waals surface area contributed by atoms with Gasteiger partial charge in [-0.05, 0) is 47.4 Å². The highest BCUT2D eigenvalue weighted by Crippen LogP contribution is 2.52. The molecule has 2 saturated heterocycles. The lowest BCUT2D eigenvalue weighted by molar-refractivity contribution is -0.142. The van der Waals surface area contributed by atoms with Gasteiger partial charge >= 0.3 is 0 Å². The van der Waals surface area contributed by atoms with Gasteiger partial charge in [-0.2, -0.15) is 0 Å². The summed E-state index contributed by atoms with van der Waals surface area (Å²) in [6.07, 6.45) is 4.31. The first-order valence-corrected chi connectivity index (χ1v) is 12.9. The number of fused-ring (bicyclic) bond motifs is 5. The number of likely N-dealkylation sites (tertiary alicyclic amines) is 1. The normalized spacial score (nSPS) is 23.2. The molecule has 38 heavy (non-hydrogen) atoms. The summed E-state index contributed by atoms with van der Waals surface area (Å²) in [6, 6.07) is 21.2. The number of amides is 3. The Morgan fingerprint density at radius 1 is 0.974 bits per heavy atom. The fourth-order valence-corrected chi connectivity index (χ4v) is 6.18. The van der Waals surface area contributed by atoms with E-state index >= 15 is 0 Å². The molecular formula is C30H26ClN3O4. The second-order valence-corrected chi connectivity index (χ2v) is 10.2. The number of hydrogen-bond donors (Lipinski definition) is 1. The van der Waals surface area contributed by atoms with E-state index in [-0.39, 0.29) is 18.4 Å². The highest BCUT2D eigenvalue weighted by atomic mass is 35.5. The van der Waals surface area contributed by atoms with E-state index in [2.05, 4.69) is 5.32 Å². The predicted octanol–water partition coefficient (Wildman–Crippen LogP) is 4.54. The molecule has 2 fully saturated rings. The van der Waals surface area contributed by atoms with Crippen molar-refractivity contribution in [2.75, 3.05) is 19.0 Å². The van der Waals surface area contributed by atoms with Gasteiger partial charge in [0.25, 0.3) is 0 Å². The molecular weight excluding hydrogens is 502 g/mol. The van der Waals surface area contributed by atoms with Crippen LogP contribution in [0.5, 0.6) is 5.75 Å². The summed E-state index contributed by atoms with van der Waals surface area (Å²) in [6.45, 7) is 0.273. The lowest BCUT2D eigenvalue weighted by Gasteiger charge is -2.35. The number of carbonyl (C=O) groups is 3. The summed E-state index contributed by atoms with van der Waals surface area (Å²) in [5.74, 6) is -1.96. The molecule has 3 aromatic rings. The fourth-order valence-electron chi connectivity index (χ4n) is 6.01. The highest BCUT2D eigenvalue weighted by molar-refractivity contribution is 6.31. The average Bonchev–Trinajstić information content (AvgIpc) is 3.40. The Morgan fingerprint density at radius 3 is 2.50 bits per heavy atom. The molecule has 3 heterocycles. The summed E-state index contributed by atoms with van der Waals surface area (Å²) < 4.78 is 5.40. The Bertz CT molecular complexity index is 1460. The molecule has 0 saturated carbocycles. The van der Waals surface area contributed by atoms with E-state index in [0.717, 1.165) is 16.7 Å². The molecule has 3 aliphatic heterocycles. The van der Waals surface area contributed by atoms with Crippen LogP contribution in [0.3, 0.4) is 0 Å². The van der Waals surface area contributed by atoms with Gasteiger partial charge < -0.3 is 15.0 Å². The van der Waals surface area contributed by atoms with Crippen LogP contribution in [-0.2, 0) is 20.8 Å². The number of hydrogen-bond acceptors (Lipinski definition) is 5. The Labute approximate surface area is 225 Å². The van der Waals surface area contributed by atoms with Crippen molar-refractivity contribution < 1.29 is 19.1 Å². The topological polar surface area (TPSA) is 79.0 Å². The van der Waals surface area contributed by atoms with Crippen LogP contribution in [-0.4, -0.2) is 47.2 Å². The van der Waals surface area contributed by atoms with Crippen LogP contribution in [0.15, 0.2) is 79.0 Å². The Hall–Kier alpha value is -4.10. The van der Waals surface area contributed by atoms with Crippen molar-refractivity contribution in [3.05, 3.63) is 101 Å². The predicted molar refractivity (Wildman–Crippen MR) is 144 cm³/mol. The Balaban J connectivity index is 1.36. The first kappa shape index (κ1) is 24.2. The van der Waals surface area contributed by atoms with Crippen molar-refractivity contribution in [3.8, 4) is 5.75 Å². The van der Waals surface area contributed by atoms with Gasteiger partial charge in [0.2, 0.25) is 17.7 Å². The van der Waals surface area contributed by atoms with Gasteiger partial charge in [-0.1, -0.05) is 66.2 Å². The van der Waals surface area contributed by atoms with Crippen LogP contribution in [0.2, 0.25) is 5.02 Å². The largest absolute Gasteiger partial charge is 0.495 e. The van der Waals surface area contributed by atoms with E-state index in [0.29, 0.717) is 22.9 Å². The van der Waals surface area contributed by atoms with Gasteiger partial charge in [-0.15, -0.1) is 0 Å². The quantitative estimate of drug-likeness (QED) is 0.476. The lowest BCUT2D eigenvalue weighted by atomic mass is 9.84. The van der Waals surface area contributed by atoms with Gasteiger partial charge in [0.05, 0.1) is 30.7 Å². The summed E-state index contributed by atoms with van der Waals surface area (Å²) in [7, 11) is 1.51. The van der Waals surface area contributed by atoms with Crippen molar-refractivity contribution >= 4 is 41.1 Å². The molecule has 0 bridgehead atoms. The number of nitrogens with zero attached hydrogens (tertiary/aromatic N) is 2. The van der Waals surface area contributed by atoms with E-state index in [1.54, 1.807) is 18.2 Å². The Kier molecular flexibility index (Phi) is 6.16. The van der Waals surface area contributed by atoms with Crippen LogP contribution >= 0.6 is 11.6 Å². The lowest BCUT2D eigenvalue weighted by Crippen LogP contribution is -2.46. The molecule has 3 aromatic carbocycles. The minimum absolute atomic E-state index is 0.230. The number of carbonyl (C=O) groups excluding carboxylic acids is 3. The number of halogens is 1. The zero-order chi connectivity index (χ0) is 26.4. The van der Waals surface area contributed by atoms with Crippen LogP contribution < -0.4 is 10.1 Å². The summed E-state index contributed by atoms with van der Waals surface area (Å²) in [5, 5.41) is 3.36. The summed E-state index contributed by atoms with van der Waals surface area (Å²) in [5.41, 5.74) is 3.36. The molecule has 0 aromatic heterocycles. The van der Waals surface area contributed by atoms with Gasteiger partial charge in [-0.25, -0.2) is 0 Å². The van der Waals surface area contributed by atoms with Crippen LogP contribution in [0.1, 0.15) is 22.7 Å². The molecule has 0 aliphatic carbocycles. The van der Waals surface area contributed by atoms with Crippen molar-refractivity contribution in [2.45, 2.75) is 18.5 Å². The van der Waals surface area contributed by atoms with Gasteiger partial charge in [-0.3, -0.25) is 19.3 Å². The fraction of sp³-hybridized carbons (Fsp3) is 0.233. The van der Waals surface area contributed by atoms with Crippen molar-refractivity contribution in [1.82, 2.24) is 9.80 Å². The molecule has 7 nitrogen and oxygen atoms in total. The molecule has 0 radical (unpaired) electrons. The highest BCUT2D eigenvalue weighted by Gasteiger charge is 2.64. The minimum atomic E-state index is -0.878. The maximum atomic E-state index is 13.9. The molecule has 4 atom stereocenters. The number of rotatable bonds is 6. The number of methoxy groups -OCH3 is 1. The van der Waals surface area contributed by atoms with Crippen LogP contribution in [0.4, 0.5) is 5.69 Å². The van der Waals surface area contributed by atoms with Gasteiger partial charge in [0.15, 0.2) is 0 Å². The third-order valence-electron chi connectivity index (χ3n) is 7.71. The molecule has 6 rings (SSSR count). The smallest absolute Gasteiger partial charge is 0.248 e. The Morgan fingerprint density at radius 2 is 1.71 bits per heavy atom. The molecule has 0 spiro atoms. The van der Waals surface area contributed by atoms with E-state index in [4.69, 9.17) is 16.3 Å². The number of benzene rings is 3. The number of anilines is 1. The summed E-state index contributed by atoms with van der Waals surface area (Å²) >= 11 is 6.19. The monoisotopic (exact) mass is 527 g/mol. The number of ether oxygens (including phenoxy) is 1. The van der Waals surface area contributed by atoms with Gasteiger partial charge in [0, 0.05) is 17.8 Å². The van der Waals surface area contributed by atoms with Gasteiger partial charge in [0.1, 0.15) is 11.8 Å². The molecule has 1 N–H and O–H groups in total. The molecule has 8 heteroatoms. The number of imide groups is 1. The molecule has 0 unspecified atom stereocenters. The van der Waals surface area contributed by atoms with E-state index < -0.39 is 29.8 Å². The molecule has 192 valence electrons. The maximum absolute atomic E-state index is 13.9. The zero-order valence-electron chi connectivity index (χ0n) is 20.7. The third kappa shape index (κ3) is 3.94. The van der Waals surface area contributed by atoms with Crippen LogP contribution in [0.25, 0.3) is 6.08 Å². The summed E-state index contributed by atoms with van der Waals surface area (Å²) in [4.78, 5) is 44.8. The molecule has 3 aliphatic rings. The van der Waals surface area contributed by atoms with E-state index in [9.17, 15) is 14.4 Å². The first-order valence-electron chi connectivity index (χ1n) is 12.6. The standard InChI is InChI=1S/C30H26ClN3O4/c1-38-23-12-11-20(31)17-22(23)32-28(35)27-25-24(26-21-10-6-5-9-19(21)14-16-33(26)27)29(36)34(30(25)37)15-13-18-7-3-2-4-8-18/h2-12,14,16-17,24-27H,13,15H2,1H3,(H,32,35)/t24-,25-,26-,27+/m1/s1. The molecule has 3 amide bonds. The van der Waals surface area contributed by atoms with Crippen LogP contribution in [0, 0.1) is 11.8 Å². The first-order chi connectivity index (χ1) is 18.5. The minimum Gasteiger partial charge on any atom is -0.495 e. The average molecular weight is 528 g/mol. The van der Waals surface area contributed by atoms with E-state index in [1.807, 2.05) is 71.8 Å². The number of nitrogens with one attached hydrogen (secondary N) is 1. The van der Waals surface area contributed by atoms with Crippen molar-refractivity contribution in [3.63, 3.8) is 0 Å². The van der Waals surface area contributed by atoms with Crippen molar-refractivity contribution in [2.24, 2.45) is 11.8 Å². The SMILES string of the molecule is COc1ccc(Cl)cc1NC(=O)[C@@H]1[C@@H]2C(=O)N(CCc3ccccc3)C(=O)[C@H]2[C@H]2c3ccccc3C=CN12. The van der Waals surface area contributed by atoms with E-state index in [1.165, 1.54) is 12.0 Å². The van der Waals surface area contributed by atoms with Crippen molar-refractivity contribution in [1.29, 1.82) is 0 Å².